The summed E-state index contributed by atoms with van der Waals surface area (Å²) in [5.41, 5.74) is 3.25. The number of hydrogen-bond donors (Lipinski definition) is 1. The fourth-order valence-corrected chi connectivity index (χ4v) is 3.56. The summed E-state index contributed by atoms with van der Waals surface area (Å²) in [6, 6.07) is 9.49. The van der Waals surface area contributed by atoms with Crippen LogP contribution in [-0.2, 0) is 6.42 Å². The highest BCUT2D eigenvalue weighted by molar-refractivity contribution is 9.10. The minimum Gasteiger partial charge on any atom is -0.313 e. The molecule has 1 N–H and O–H groups in total. The molecule has 0 aliphatic rings. The quantitative estimate of drug-likeness (QED) is 0.725. The van der Waals surface area contributed by atoms with Crippen LogP contribution in [0.4, 0.5) is 4.39 Å². The number of halogens is 2. The highest BCUT2D eigenvalue weighted by Crippen LogP contribution is 2.26. The molecule has 0 spiro atoms. The van der Waals surface area contributed by atoms with Crippen molar-refractivity contribution < 1.29 is 4.39 Å². The highest BCUT2D eigenvalue weighted by atomic mass is 79.9. The molecule has 2 aromatic heterocycles. The predicted octanol–water partition coefficient (Wildman–Crippen LogP) is 4.70. The second kappa shape index (κ2) is 6.22. The van der Waals surface area contributed by atoms with Crippen molar-refractivity contribution in [2.45, 2.75) is 12.5 Å². The third-order valence-corrected chi connectivity index (χ3v) is 4.96. The molecule has 5 heteroatoms. The Kier molecular flexibility index (Phi) is 4.33. The van der Waals surface area contributed by atoms with Gasteiger partial charge in [-0.05, 0) is 70.2 Å². The molecule has 1 aromatic carbocycles. The molecule has 0 aliphatic heterocycles. The van der Waals surface area contributed by atoms with E-state index in [0.29, 0.717) is 4.47 Å². The summed E-state index contributed by atoms with van der Waals surface area (Å²) in [7, 11) is 1.93. The summed E-state index contributed by atoms with van der Waals surface area (Å²) in [5, 5.41) is 5.36. The van der Waals surface area contributed by atoms with Gasteiger partial charge in [0.15, 0.2) is 0 Å². The summed E-state index contributed by atoms with van der Waals surface area (Å²) in [5.74, 6) is -0.235. The molecular weight excluding hydrogens is 351 g/mol. The van der Waals surface area contributed by atoms with Crippen LogP contribution in [0.2, 0.25) is 0 Å². The van der Waals surface area contributed by atoms with E-state index < -0.39 is 0 Å². The Morgan fingerprint density at radius 3 is 2.95 bits per heavy atom. The number of fused-ring (bicyclic) bond motifs is 1. The Balaban J connectivity index is 1.88. The Labute approximate surface area is 135 Å². The summed E-state index contributed by atoms with van der Waals surface area (Å²) in [6.07, 6.45) is 2.70. The molecule has 3 aromatic rings. The largest absolute Gasteiger partial charge is 0.313 e. The maximum absolute atomic E-state index is 13.3. The predicted molar refractivity (Wildman–Crippen MR) is 89.2 cm³/mol. The van der Waals surface area contributed by atoms with Gasteiger partial charge in [0, 0.05) is 12.2 Å². The Hall–Kier alpha value is -1.30. The average Bonchev–Trinajstić information content (AvgIpc) is 2.95. The first-order valence-electron chi connectivity index (χ1n) is 6.61. The van der Waals surface area contributed by atoms with Crippen LogP contribution in [0.1, 0.15) is 17.2 Å². The van der Waals surface area contributed by atoms with E-state index in [4.69, 9.17) is 0 Å². The van der Waals surface area contributed by atoms with Crippen molar-refractivity contribution in [1.29, 1.82) is 0 Å². The minimum absolute atomic E-state index is 0.154. The topological polar surface area (TPSA) is 24.9 Å². The van der Waals surface area contributed by atoms with Crippen LogP contribution in [0, 0.1) is 5.82 Å². The lowest BCUT2D eigenvalue weighted by Crippen LogP contribution is -2.19. The van der Waals surface area contributed by atoms with Crippen LogP contribution in [0.3, 0.4) is 0 Å². The number of benzene rings is 1. The zero-order chi connectivity index (χ0) is 14.8. The molecule has 0 amide bonds. The van der Waals surface area contributed by atoms with Gasteiger partial charge >= 0.3 is 0 Å². The molecule has 108 valence electrons. The minimum atomic E-state index is -0.235. The standard InChI is InChI=1S/C16H14BrFN2S/c1-19-15(7-10-2-3-13(18)12(17)6-10)11-8-16-14(20-9-11)4-5-21-16/h2-6,8-9,15,19H,7H2,1H3. The highest BCUT2D eigenvalue weighted by Gasteiger charge is 2.13. The Morgan fingerprint density at radius 2 is 2.19 bits per heavy atom. The maximum Gasteiger partial charge on any atom is 0.137 e. The second-order valence-electron chi connectivity index (χ2n) is 4.87. The van der Waals surface area contributed by atoms with E-state index in [1.165, 1.54) is 10.8 Å². The van der Waals surface area contributed by atoms with Gasteiger partial charge in [-0.25, -0.2) is 4.39 Å². The monoisotopic (exact) mass is 364 g/mol. The number of likely N-dealkylation sites (N-methyl/N-ethyl adjacent to an activating group) is 1. The fourth-order valence-electron chi connectivity index (χ4n) is 2.34. The molecule has 2 heterocycles. The second-order valence-corrected chi connectivity index (χ2v) is 6.67. The first kappa shape index (κ1) is 14.6. The number of hydrogen-bond acceptors (Lipinski definition) is 3. The van der Waals surface area contributed by atoms with Gasteiger partial charge < -0.3 is 5.32 Å². The normalized spacial score (nSPS) is 12.7. The molecule has 1 unspecified atom stereocenters. The van der Waals surface area contributed by atoms with Crippen molar-refractivity contribution in [1.82, 2.24) is 10.3 Å². The van der Waals surface area contributed by atoms with Crippen LogP contribution in [0.5, 0.6) is 0 Å². The van der Waals surface area contributed by atoms with E-state index in [1.54, 1.807) is 11.3 Å². The van der Waals surface area contributed by atoms with Crippen molar-refractivity contribution in [3.63, 3.8) is 0 Å². The van der Waals surface area contributed by atoms with Gasteiger partial charge in [-0.2, -0.15) is 0 Å². The summed E-state index contributed by atoms with van der Waals surface area (Å²) >= 11 is 4.93. The Bertz CT molecular complexity index is 772. The number of rotatable bonds is 4. The van der Waals surface area contributed by atoms with E-state index in [2.05, 4.69) is 32.3 Å². The lowest BCUT2D eigenvalue weighted by Gasteiger charge is -2.17. The first-order chi connectivity index (χ1) is 10.2. The number of thiophene rings is 1. The van der Waals surface area contributed by atoms with Crippen LogP contribution < -0.4 is 5.32 Å². The van der Waals surface area contributed by atoms with Gasteiger partial charge in [0.2, 0.25) is 0 Å². The number of pyridine rings is 1. The van der Waals surface area contributed by atoms with Gasteiger partial charge in [0.05, 0.1) is 14.7 Å². The molecule has 0 saturated carbocycles. The van der Waals surface area contributed by atoms with Crippen LogP contribution in [0.15, 0.2) is 46.4 Å². The third kappa shape index (κ3) is 3.15. The van der Waals surface area contributed by atoms with Gasteiger partial charge in [0.25, 0.3) is 0 Å². The third-order valence-electron chi connectivity index (χ3n) is 3.50. The number of aromatic nitrogens is 1. The van der Waals surface area contributed by atoms with E-state index in [9.17, 15) is 4.39 Å². The number of nitrogens with one attached hydrogen (secondary N) is 1. The molecule has 3 rings (SSSR count). The first-order valence-corrected chi connectivity index (χ1v) is 8.29. The SMILES string of the molecule is CNC(Cc1ccc(F)c(Br)c1)c1cnc2ccsc2c1. The lowest BCUT2D eigenvalue weighted by molar-refractivity contribution is 0.587. The van der Waals surface area contributed by atoms with Gasteiger partial charge in [-0.3, -0.25) is 4.98 Å². The molecule has 1 atom stereocenters. The molecule has 0 fully saturated rings. The molecule has 21 heavy (non-hydrogen) atoms. The molecule has 0 radical (unpaired) electrons. The van der Waals surface area contributed by atoms with E-state index in [1.807, 2.05) is 36.8 Å². The van der Waals surface area contributed by atoms with Crippen LogP contribution in [0.25, 0.3) is 10.2 Å². The van der Waals surface area contributed by atoms with E-state index in [0.717, 1.165) is 23.1 Å². The van der Waals surface area contributed by atoms with Crippen molar-refractivity contribution in [2.75, 3.05) is 7.05 Å². The van der Waals surface area contributed by atoms with Crippen molar-refractivity contribution >= 4 is 37.5 Å². The summed E-state index contributed by atoms with van der Waals surface area (Å²) in [4.78, 5) is 4.48. The zero-order valence-electron chi connectivity index (χ0n) is 11.4. The smallest absolute Gasteiger partial charge is 0.137 e. The average molecular weight is 365 g/mol. The van der Waals surface area contributed by atoms with Gasteiger partial charge in [0.1, 0.15) is 5.82 Å². The van der Waals surface area contributed by atoms with Crippen LogP contribution >= 0.6 is 27.3 Å². The molecule has 0 saturated heterocycles. The zero-order valence-corrected chi connectivity index (χ0v) is 13.8. The van der Waals surface area contributed by atoms with E-state index >= 15 is 0 Å². The molecule has 0 bridgehead atoms. The lowest BCUT2D eigenvalue weighted by atomic mass is 10.0. The van der Waals surface area contributed by atoms with Crippen LogP contribution in [-0.4, -0.2) is 12.0 Å². The Morgan fingerprint density at radius 1 is 1.33 bits per heavy atom. The van der Waals surface area contributed by atoms with Gasteiger partial charge in [-0.15, -0.1) is 11.3 Å². The maximum atomic E-state index is 13.3. The van der Waals surface area contributed by atoms with Crippen molar-refractivity contribution in [3.8, 4) is 0 Å². The van der Waals surface area contributed by atoms with E-state index in [-0.39, 0.29) is 11.9 Å². The van der Waals surface area contributed by atoms with Crippen molar-refractivity contribution in [2.24, 2.45) is 0 Å². The fraction of sp³-hybridized carbons (Fsp3) is 0.188. The number of nitrogens with zero attached hydrogens (tertiary/aromatic N) is 1. The molecule has 2 nitrogen and oxygen atoms in total. The summed E-state index contributed by atoms with van der Waals surface area (Å²) in [6.45, 7) is 0. The molecule has 0 aliphatic carbocycles. The van der Waals surface area contributed by atoms with Gasteiger partial charge in [-0.1, -0.05) is 6.07 Å². The van der Waals surface area contributed by atoms with Crippen molar-refractivity contribution in [3.05, 3.63) is 63.3 Å². The molecular formula is C16H14BrFN2S. The summed E-state index contributed by atoms with van der Waals surface area (Å²) < 4.78 is 15.0.